The Balaban J connectivity index is 3.65. The van der Waals surface area contributed by atoms with Crippen LogP contribution >= 0.6 is 0 Å². The van der Waals surface area contributed by atoms with Gasteiger partial charge in [-0.1, -0.05) is 51.2 Å². The molecule has 4 heteroatoms. The Hall–Kier alpha value is -1.45. The first kappa shape index (κ1) is 20.6. The molecule has 0 aliphatic carbocycles. The molecule has 0 bridgehead atoms. The zero-order valence-electron chi connectivity index (χ0n) is 13.9. The summed E-state index contributed by atoms with van der Waals surface area (Å²) in [5.74, 6) is -0.588. The molecule has 0 radical (unpaired) electrons. The van der Waals surface area contributed by atoms with Gasteiger partial charge in [-0.25, -0.2) is 0 Å². The minimum atomic E-state index is -0.742. The molecule has 0 aromatic rings. The molecule has 4 nitrogen and oxygen atoms in total. The molecule has 0 saturated carbocycles. The largest absolute Gasteiger partial charge is 0.509 e. The summed E-state index contributed by atoms with van der Waals surface area (Å²) in [4.78, 5) is 10.3. The molecule has 128 valence electrons. The maximum atomic E-state index is 10.3. The van der Waals surface area contributed by atoms with Crippen LogP contribution in [0.4, 0.5) is 0 Å². The summed E-state index contributed by atoms with van der Waals surface area (Å²) in [6.07, 6.45) is 14.1. The molecule has 0 aromatic carbocycles. The first-order chi connectivity index (χ1) is 10.6. The quantitative estimate of drug-likeness (QED) is 0.220. The summed E-state index contributed by atoms with van der Waals surface area (Å²) in [5, 5.41) is 28.0. The van der Waals surface area contributed by atoms with E-state index in [1.807, 2.05) is 6.08 Å². The van der Waals surface area contributed by atoms with E-state index in [-0.39, 0.29) is 17.9 Å². The lowest BCUT2D eigenvalue weighted by atomic mass is 10.1. The number of hydrogen-bond donors (Lipinski definition) is 3. The number of aliphatic carboxylic acids is 1. The third-order valence-electron chi connectivity index (χ3n) is 3.59. The Labute approximate surface area is 134 Å². The van der Waals surface area contributed by atoms with Gasteiger partial charge in [0.2, 0.25) is 0 Å². The summed E-state index contributed by atoms with van der Waals surface area (Å²) in [5.41, 5.74) is 0. The minimum Gasteiger partial charge on any atom is -0.509 e. The highest BCUT2D eigenvalue weighted by molar-refractivity contribution is 5.66. The van der Waals surface area contributed by atoms with Gasteiger partial charge in [0.1, 0.15) is 11.5 Å². The third kappa shape index (κ3) is 13.5. The fraction of sp³-hybridized carbons (Fsp3) is 0.722. The predicted octanol–water partition coefficient (Wildman–Crippen LogP) is 5.66. The van der Waals surface area contributed by atoms with Crippen molar-refractivity contribution in [1.29, 1.82) is 0 Å². The molecule has 0 aliphatic rings. The fourth-order valence-electron chi connectivity index (χ4n) is 2.19. The monoisotopic (exact) mass is 312 g/mol. The first-order valence-corrected chi connectivity index (χ1v) is 8.54. The first-order valence-electron chi connectivity index (χ1n) is 8.54. The van der Waals surface area contributed by atoms with Gasteiger partial charge in [0, 0.05) is 19.3 Å². The molecule has 0 spiro atoms. The highest BCUT2D eigenvalue weighted by atomic mass is 16.4. The van der Waals surface area contributed by atoms with Crippen LogP contribution in [0.15, 0.2) is 23.7 Å². The summed E-state index contributed by atoms with van der Waals surface area (Å²) >= 11 is 0. The molecule has 0 rings (SSSR count). The highest BCUT2D eigenvalue weighted by Crippen LogP contribution is 2.14. The van der Waals surface area contributed by atoms with Crippen molar-refractivity contribution in [3.63, 3.8) is 0 Å². The zero-order chi connectivity index (χ0) is 16.6. The van der Waals surface area contributed by atoms with Crippen molar-refractivity contribution < 1.29 is 20.1 Å². The van der Waals surface area contributed by atoms with Crippen LogP contribution in [0.25, 0.3) is 0 Å². The second-order valence-electron chi connectivity index (χ2n) is 5.73. The van der Waals surface area contributed by atoms with E-state index in [9.17, 15) is 15.0 Å². The summed E-state index contributed by atoms with van der Waals surface area (Å²) in [6, 6.07) is 0. The van der Waals surface area contributed by atoms with Crippen molar-refractivity contribution in [1.82, 2.24) is 0 Å². The van der Waals surface area contributed by atoms with E-state index in [0.29, 0.717) is 19.3 Å². The van der Waals surface area contributed by atoms with Gasteiger partial charge in [-0.15, -0.1) is 0 Å². The van der Waals surface area contributed by atoms with Gasteiger partial charge < -0.3 is 15.3 Å². The van der Waals surface area contributed by atoms with Crippen LogP contribution in [0, 0.1) is 0 Å². The van der Waals surface area contributed by atoms with Crippen LogP contribution in [0.1, 0.15) is 84.0 Å². The van der Waals surface area contributed by atoms with Gasteiger partial charge in [0.05, 0.1) is 0 Å². The number of carboxylic acids is 1. The molecule has 0 fully saturated rings. The second kappa shape index (κ2) is 14.5. The number of carbonyl (C=O) groups is 1. The van der Waals surface area contributed by atoms with Gasteiger partial charge in [-0.3, -0.25) is 4.79 Å². The lowest BCUT2D eigenvalue weighted by Crippen LogP contribution is -1.94. The molecule has 0 aliphatic heterocycles. The third-order valence-corrected chi connectivity index (χ3v) is 3.59. The van der Waals surface area contributed by atoms with Crippen LogP contribution in [0.2, 0.25) is 0 Å². The van der Waals surface area contributed by atoms with E-state index < -0.39 is 5.97 Å². The molecule has 0 atom stereocenters. The minimum absolute atomic E-state index is 0.0672. The maximum absolute atomic E-state index is 10.3. The maximum Gasteiger partial charge on any atom is 0.303 e. The Morgan fingerprint density at radius 3 is 2.05 bits per heavy atom. The fourth-order valence-corrected chi connectivity index (χ4v) is 2.19. The number of rotatable bonds is 14. The number of allylic oxidation sites excluding steroid dienone is 3. The van der Waals surface area contributed by atoms with Gasteiger partial charge in [0.15, 0.2) is 0 Å². The molecular formula is C18H32O4. The molecule has 0 aromatic heterocycles. The van der Waals surface area contributed by atoms with Gasteiger partial charge in [-0.05, 0) is 25.7 Å². The normalized spacial score (nSPS) is 12.6. The van der Waals surface area contributed by atoms with Crippen molar-refractivity contribution in [2.75, 3.05) is 0 Å². The molecule has 0 saturated heterocycles. The highest BCUT2D eigenvalue weighted by Gasteiger charge is 2.02. The van der Waals surface area contributed by atoms with E-state index in [0.717, 1.165) is 32.1 Å². The Bertz CT molecular complexity index is 345. The van der Waals surface area contributed by atoms with Crippen molar-refractivity contribution in [3.8, 4) is 0 Å². The van der Waals surface area contributed by atoms with E-state index >= 15 is 0 Å². The molecule has 0 amide bonds. The number of carboxylic acid groups (broad SMARTS) is 1. The molecule has 3 N–H and O–H groups in total. The van der Waals surface area contributed by atoms with E-state index in [1.165, 1.54) is 19.3 Å². The molecule has 0 heterocycles. The van der Waals surface area contributed by atoms with Crippen molar-refractivity contribution in [2.45, 2.75) is 84.0 Å². The zero-order valence-corrected chi connectivity index (χ0v) is 13.9. The topological polar surface area (TPSA) is 77.8 Å². The summed E-state index contributed by atoms with van der Waals surface area (Å²) < 4.78 is 0. The Kier molecular flexibility index (Phi) is 13.5. The SMILES string of the molecule is CCCCC/C=C\C/C(O)=C(/O)CCCCCCCC(=O)O. The van der Waals surface area contributed by atoms with Crippen LogP contribution in [0.3, 0.4) is 0 Å². The van der Waals surface area contributed by atoms with E-state index in [4.69, 9.17) is 5.11 Å². The van der Waals surface area contributed by atoms with Crippen LogP contribution in [-0.4, -0.2) is 21.3 Å². The number of aliphatic hydroxyl groups is 2. The van der Waals surface area contributed by atoms with E-state index in [2.05, 4.69) is 13.0 Å². The lowest BCUT2D eigenvalue weighted by molar-refractivity contribution is -0.137. The average molecular weight is 312 g/mol. The standard InChI is InChI=1S/C18H32O4/c1-2-3-4-5-7-10-13-16(19)17(20)14-11-8-6-9-12-15-18(21)22/h7,10,19-20H,2-6,8-9,11-15H2,1H3,(H,21,22)/b10-7-,17-16-. The molecule has 0 unspecified atom stereocenters. The van der Waals surface area contributed by atoms with Crippen LogP contribution in [-0.2, 0) is 4.79 Å². The summed E-state index contributed by atoms with van der Waals surface area (Å²) in [6.45, 7) is 2.17. The smallest absolute Gasteiger partial charge is 0.303 e. The van der Waals surface area contributed by atoms with Gasteiger partial charge in [-0.2, -0.15) is 0 Å². The molecular weight excluding hydrogens is 280 g/mol. The number of unbranched alkanes of at least 4 members (excludes halogenated alkanes) is 7. The molecule has 22 heavy (non-hydrogen) atoms. The second-order valence-corrected chi connectivity index (χ2v) is 5.73. The lowest BCUT2D eigenvalue weighted by Gasteiger charge is -2.04. The predicted molar refractivity (Wildman–Crippen MR) is 90.1 cm³/mol. The van der Waals surface area contributed by atoms with Crippen molar-refractivity contribution >= 4 is 5.97 Å². The average Bonchev–Trinajstić information content (AvgIpc) is 2.49. The number of hydrogen-bond acceptors (Lipinski definition) is 3. The van der Waals surface area contributed by atoms with Gasteiger partial charge >= 0.3 is 5.97 Å². The van der Waals surface area contributed by atoms with E-state index in [1.54, 1.807) is 0 Å². The Morgan fingerprint density at radius 1 is 0.773 bits per heavy atom. The van der Waals surface area contributed by atoms with Crippen molar-refractivity contribution in [3.05, 3.63) is 23.7 Å². The number of aliphatic hydroxyl groups excluding tert-OH is 2. The van der Waals surface area contributed by atoms with Crippen molar-refractivity contribution in [2.24, 2.45) is 0 Å². The summed E-state index contributed by atoms with van der Waals surface area (Å²) in [7, 11) is 0. The van der Waals surface area contributed by atoms with Crippen LogP contribution in [0.5, 0.6) is 0 Å². The Morgan fingerprint density at radius 2 is 1.41 bits per heavy atom. The van der Waals surface area contributed by atoms with Gasteiger partial charge in [0.25, 0.3) is 0 Å². The van der Waals surface area contributed by atoms with Crippen LogP contribution < -0.4 is 0 Å².